The molecule has 1 aliphatic carbocycles. The summed E-state index contributed by atoms with van der Waals surface area (Å²) in [6.45, 7) is 2.87. The van der Waals surface area contributed by atoms with Crippen LogP contribution in [0.1, 0.15) is 56.6 Å². The van der Waals surface area contributed by atoms with Gasteiger partial charge in [-0.15, -0.1) is 6.42 Å². The maximum absolute atomic E-state index is 12.9. The van der Waals surface area contributed by atoms with Crippen molar-refractivity contribution in [3.05, 3.63) is 23.4 Å². The third-order valence-electron chi connectivity index (χ3n) is 5.72. The molecular weight excluding hydrogens is 408 g/mol. The van der Waals surface area contributed by atoms with Gasteiger partial charge in [0.25, 0.3) is 0 Å². The molecule has 8 heteroatoms. The lowest BCUT2D eigenvalue weighted by Crippen LogP contribution is -2.45. The van der Waals surface area contributed by atoms with Gasteiger partial charge >= 0.3 is 5.97 Å². The van der Waals surface area contributed by atoms with Crippen molar-refractivity contribution in [2.75, 3.05) is 25.0 Å². The van der Waals surface area contributed by atoms with E-state index in [-0.39, 0.29) is 37.4 Å². The van der Waals surface area contributed by atoms with Gasteiger partial charge in [-0.3, -0.25) is 14.4 Å². The minimum atomic E-state index is -0.746. The summed E-state index contributed by atoms with van der Waals surface area (Å²) >= 11 is 0. The van der Waals surface area contributed by atoms with E-state index in [1.807, 2.05) is 12.3 Å². The number of esters is 1. The summed E-state index contributed by atoms with van der Waals surface area (Å²) in [5, 5.41) is 5.99. The number of aromatic nitrogens is 1. The molecule has 32 heavy (non-hydrogen) atoms. The summed E-state index contributed by atoms with van der Waals surface area (Å²) in [6, 6.07) is 1.40. The Labute approximate surface area is 189 Å². The van der Waals surface area contributed by atoms with E-state index in [4.69, 9.17) is 11.2 Å². The Morgan fingerprint density at radius 3 is 2.94 bits per heavy atom. The Morgan fingerprint density at radius 2 is 2.22 bits per heavy atom. The molecule has 1 saturated carbocycles. The maximum Gasteiger partial charge on any atom is 0.308 e. The molecule has 2 amide bonds. The van der Waals surface area contributed by atoms with Crippen LogP contribution in [0.25, 0.3) is 0 Å². The quantitative estimate of drug-likeness (QED) is 0.402. The fourth-order valence-electron chi connectivity index (χ4n) is 3.98. The first-order chi connectivity index (χ1) is 15.5. The molecular formula is C24H32N4O4. The number of nitrogens with zero attached hydrogens (tertiary/aromatic N) is 2. The summed E-state index contributed by atoms with van der Waals surface area (Å²) in [5.41, 5.74) is 2.49. The van der Waals surface area contributed by atoms with E-state index in [2.05, 4.69) is 21.5 Å². The van der Waals surface area contributed by atoms with Crippen molar-refractivity contribution in [2.24, 2.45) is 0 Å². The molecule has 0 bridgehead atoms. The molecule has 2 aliphatic rings. The zero-order valence-electron chi connectivity index (χ0n) is 18.7. The molecule has 2 N–H and O–H groups in total. The number of fused-ring (bicyclic) bond motifs is 1. The standard InChI is InChI=1S/C24H32N4O4/c1-3-18(15-23(31)32-4-2)27-21(29)16-28(19-10-11-19)22(30)9-5-7-17-12-14-26-24-20(17)8-6-13-25-24/h1,12,14,18-19H,4-11,13,15-16H2,2H3,(H,25,26)(H,27,29)/t18-/m1/s1. The minimum absolute atomic E-state index is 0.0219. The lowest BCUT2D eigenvalue weighted by Gasteiger charge is -2.23. The molecule has 0 spiro atoms. The molecule has 3 rings (SSSR count). The Hall–Kier alpha value is -3.08. The van der Waals surface area contributed by atoms with Gasteiger partial charge in [0.05, 0.1) is 19.6 Å². The van der Waals surface area contributed by atoms with Crippen molar-refractivity contribution < 1.29 is 19.1 Å². The van der Waals surface area contributed by atoms with Gasteiger partial charge in [0.2, 0.25) is 11.8 Å². The zero-order valence-corrected chi connectivity index (χ0v) is 18.7. The van der Waals surface area contributed by atoms with Gasteiger partial charge in [0, 0.05) is 25.2 Å². The number of pyridine rings is 1. The van der Waals surface area contributed by atoms with E-state index in [0.29, 0.717) is 6.42 Å². The Kier molecular flexibility index (Phi) is 8.48. The number of hydrogen-bond acceptors (Lipinski definition) is 6. The van der Waals surface area contributed by atoms with Crippen molar-refractivity contribution in [1.29, 1.82) is 0 Å². The van der Waals surface area contributed by atoms with Crippen LogP contribution in [-0.2, 0) is 32.0 Å². The first kappa shape index (κ1) is 23.6. The SMILES string of the molecule is C#C[C@H](CC(=O)OCC)NC(=O)CN(C(=O)CCCc1ccnc2c1CCCN2)C1CC1. The van der Waals surface area contributed by atoms with Crippen molar-refractivity contribution in [3.63, 3.8) is 0 Å². The van der Waals surface area contributed by atoms with Crippen molar-refractivity contribution in [1.82, 2.24) is 15.2 Å². The van der Waals surface area contributed by atoms with Gasteiger partial charge in [-0.25, -0.2) is 4.98 Å². The third kappa shape index (κ3) is 6.71. The lowest BCUT2D eigenvalue weighted by atomic mass is 9.97. The number of hydrogen-bond donors (Lipinski definition) is 2. The second-order valence-corrected chi connectivity index (χ2v) is 8.23. The van der Waals surface area contributed by atoms with E-state index in [1.165, 1.54) is 11.1 Å². The highest BCUT2D eigenvalue weighted by atomic mass is 16.5. The van der Waals surface area contributed by atoms with Crippen LogP contribution in [0.2, 0.25) is 0 Å². The number of amides is 2. The van der Waals surface area contributed by atoms with Gasteiger partial charge in [-0.1, -0.05) is 5.92 Å². The molecule has 0 saturated heterocycles. The van der Waals surface area contributed by atoms with Crippen molar-refractivity contribution in [2.45, 2.75) is 70.4 Å². The monoisotopic (exact) mass is 440 g/mol. The van der Waals surface area contributed by atoms with Gasteiger partial charge in [-0.05, 0) is 62.6 Å². The highest BCUT2D eigenvalue weighted by Crippen LogP contribution is 2.28. The summed E-state index contributed by atoms with van der Waals surface area (Å²) in [5.74, 6) is 2.53. The van der Waals surface area contributed by atoms with Gasteiger partial charge < -0.3 is 20.3 Å². The average molecular weight is 441 g/mol. The van der Waals surface area contributed by atoms with Gasteiger partial charge in [0.1, 0.15) is 11.9 Å². The fraction of sp³-hybridized carbons (Fsp3) is 0.583. The summed E-state index contributed by atoms with van der Waals surface area (Å²) < 4.78 is 4.88. The first-order valence-corrected chi connectivity index (χ1v) is 11.4. The largest absolute Gasteiger partial charge is 0.466 e. The number of carbonyl (C=O) groups is 3. The molecule has 1 fully saturated rings. The predicted molar refractivity (Wildman–Crippen MR) is 121 cm³/mol. The fourth-order valence-corrected chi connectivity index (χ4v) is 3.98. The second kappa shape index (κ2) is 11.5. The number of terminal acetylenes is 1. The van der Waals surface area contributed by atoms with Gasteiger partial charge in [0.15, 0.2) is 0 Å². The van der Waals surface area contributed by atoms with Crippen LogP contribution in [0.15, 0.2) is 12.3 Å². The molecule has 0 aromatic carbocycles. The molecule has 1 atom stereocenters. The van der Waals surface area contributed by atoms with E-state index >= 15 is 0 Å². The molecule has 1 aromatic rings. The van der Waals surface area contributed by atoms with Crippen LogP contribution in [0.5, 0.6) is 0 Å². The summed E-state index contributed by atoms with van der Waals surface area (Å²) in [6.07, 6.45) is 13.0. The van der Waals surface area contributed by atoms with Crippen LogP contribution < -0.4 is 10.6 Å². The highest BCUT2D eigenvalue weighted by Gasteiger charge is 2.33. The molecule has 0 radical (unpaired) electrons. The first-order valence-electron chi connectivity index (χ1n) is 11.4. The summed E-state index contributed by atoms with van der Waals surface area (Å²) in [4.78, 5) is 43.0. The molecule has 0 unspecified atom stereocenters. The molecule has 172 valence electrons. The highest BCUT2D eigenvalue weighted by molar-refractivity contribution is 5.86. The van der Waals surface area contributed by atoms with Crippen molar-refractivity contribution in [3.8, 4) is 12.3 Å². The summed E-state index contributed by atoms with van der Waals surface area (Å²) in [7, 11) is 0. The van der Waals surface area contributed by atoms with Crippen LogP contribution in [0.3, 0.4) is 0 Å². The Bertz CT molecular complexity index is 875. The number of aryl methyl sites for hydroxylation is 1. The lowest BCUT2D eigenvalue weighted by molar-refractivity contribution is -0.143. The minimum Gasteiger partial charge on any atom is -0.466 e. The second-order valence-electron chi connectivity index (χ2n) is 8.23. The van der Waals surface area contributed by atoms with E-state index in [0.717, 1.165) is 50.9 Å². The number of nitrogens with one attached hydrogen (secondary N) is 2. The van der Waals surface area contributed by atoms with E-state index in [9.17, 15) is 14.4 Å². The van der Waals surface area contributed by atoms with Crippen LogP contribution in [0, 0.1) is 12.3 Å². The maximum atomic E-state index is 12.9. The van der Waals surface area contributed by atoms with E-state index < -0.39 is 12.0 Å². The number of rotatable bonds is 11. The number of carbonyl (C=O) groups excluding carboxylic acids is 3. The third-order valence-corrected chi connectivity index (χ3v) is 5.72. The predicted octanol–water partition coefficient (Wildman–Crippen LogP) is 1.82. The van der Waals surface area contributed by atoms with Crippen molar-refractivity contribution >= 4 is 23.6 Å². The smallest absolute Gasteiger partial charge is 0.308 e. The zero-order chi connectivity index (χ0) is 22.9. The Morgan fingerprint density at radius 1 is 1.41 bits per heavy atom. The van der Waals surface area contributed by atoms with E-state index in [1.54, 1.807) is 11.8 Å². The average Bonchev–Trinajstić information content (AvgIpc) is 3.62. The molecule has 1 aromatic heterocycles. The molecule has 2 heterocycles. The topological polar surface area (TPSA) is 101 Å². The normalized spacial score (nSPS) is 15.5. The van der Waals surface area contributed by atoms with Crippen LogP contribution >= 0.6 is 0 Å². The van der Waals surface area contributed by atoms with Crippen LogP contribution in [-0.4, -0.2) is 59.4 Å². The Balaban J connectivity index is 1.49. The number of ether oxygens (including phenoxy) is 1. The van der Waals surface area contributed by atoms with Gasteiger partial charge in [-0.2, -0.15) is 0 Å². The number of anilines is 1. The molecule has 8 nitrogen and oxygen atoms in total. The van der Waals surface area contributed by atoms with Crippen LogP contribution in [0.4, 0.5) is 5.82 Å². The molecule has 1 aliphatic heterocycles.